The Morgan fingerprint density at radius 2 is 0.944 bits per heavy atom. The van der Waals surface area contributed by atoms with Crippen molar-refractivity contribution in [3.05, 3.63) is 65.0 Å². The third-order valence-corrected chi connectivity index (χ3v) is 6.50. The van der Waals surface area contributed by atoms with E-state index in [4.69, 9.17) is 28.4 Å². The van der Waals surface area contributed by atoms with Crippen LogP contribution in [0.3, 0.4) is 0 Å². The summed E-state index contributed by atoms with van der Waals surface area (Å²) in [5.74, 6) is -4.00. The van der Waals surface area contributed by atoms with Crippen molar-refractivity contribution in [3.63, 3.8) is 0 Å². The van der Waals surface area contributed by atoms with E-state index in [2.05, 4.69) is 4.98 Å². The summed E-state index contributed by atoms with van der Waals surface area (Å²) in [7, 11) is 0. The van der Waals surface area contributed by atoms with Gasteiger partial charge in [0.1, 0.15) is 11.4 Å². The molecule has 0 N–H and O–H groups in total. The van der Waals surface area contributed by atoms with Crippen LogP contribution in [0.2, 0.25) is 0 Å². The van der Waals surface area contributed by atoms with E-state index in [1.54, 1.807) is 6.07 Å². The van der Waals surface area contributed by atoms with Crippen LogP contribution in [0.4, 0.5) is 0 Å². The van der Waals surface area contributed by atoms with Crippen molar-refractivity contribution in [3.8, 4) is 0 Å². The number of carbonyl (C=O) groups is 2. The number of hydrogen-bond acceptors (Lipinski definition) is 9. The average Bonchev–Trinajstić information content (AvgIpc) is 2.88. The molecule has 1 aromatic heterocycles. The van der Waals surface area contributed by atoms with Crippen LogP contribution in [0.15, 0.2) is 42.5 Å². The lowest BCUT2D eigenvalue weighted by Crippen LogP contribution is -2.49. The molecule has 36 heavy (non-hydrogen) atoms. The average molecular weight is 498 g/mol. The van der Waals surface area contributed by atoms with Crippen LogP contribution in [0.25, 0.3) is 0 Å². The molecule has 4 bridgehead atoms. The smallest absolute Gasteiger partial charge is 0.357 e. The summed E-state index contributed by atoms with van der Waals surface area (Å²) < 4.78 is 36.0. The van der Waals surface area contributed by atoms with Crippen LogP contribution in [0.5, 0.6) is 0 Å². The molecule has 9 nitrogen and oxygen atoms in total. The number of benzene rings is 1. The summed E-state index contributed by atoms with van der Waals surface area (Å²) in [6.07, 6.45) is 0. The fourth-order valence-corrected chi connectivity index (χ4v) is 4.19. The second-order valence-electron chi connectivity index (χ2n) is 11.1. The van der Waals surface area contributed by atoms with Gasteiger partial charge in [0.25, 0.3) is 0 Å². The standard InChI is InChI=1S/C27H31NO8/c1-24(2)12-33-26(34-13-24)16-31-22(29)20-6-5-7-21(28-20)23(30)32-17-27(19-10-8-18(26)9-11-19)35-14-25(3,4)15-36-27/h5-11H,12-17H2,1-4H3. The number of esters is 2. The summed E-state index contributed by atoms with van der Waals surface area (Å²) in [6, 6.07) is 11.8. The van der Waals surface area contributed by atoms with E-state index in [9.17, 15) is 9.59 Å². The van der Waals surface area contributed by atoms with E-state index >= 15 is 0 Å². The fraction of sp³-hybridized carbons (Fsp3) is 0.519. The highest BCUT2D eigenvalue weighted by Gasteiger charge is 2.46. The number of pyridine rings is 1. The van der Waals surface area contributed by atoms with Gasteiger partial charge in [-0.05, 0) is 12.1 Å². The highest BCUT2D eigenvalue weighted by molar-refractivity contribution is 5.91. The molecule has 0 unspecified atom stereocenters. The van der Waals surface area contributed by atoms with Gasteiger partial charge in [0.2, 0.25) is 11.6 Å². The van der Waals surface area contributed by atoms with E-state index in [1.165, 1.54) is 12.1 Å². The first-order valence-electron chi connectivity index (χ1n) is 12.0. The van der Waals surface area contributed by atoms with Gasteiger partial charge in [-0.25, -0.2) is 14.6 Å². The summed E-state index contributed by atoms with van der Waals surface area (Å²) in [5.41, 5.74) is 0.911. The Balaban J connectivity index is 1.56. The molecule has 0 radical (unpaired) electrons. The van der Waals surface area contributed by atoms with Crippen molar-refractivity contribution in [2.24, 2.45) is 10.8 Å². The Kier molecular flexibility index (Phi) is 6.15. The SMILES string of the molecule is CC1(C)COC2(COC(=O)c3cccc(n3)C(=O)OCC3(OCC(C)(C)CO3)c3ccc2cc3)OC1. The molecule has 2 saturated heterocycles. The number of hydrogen-bond donors (Lipinski definition) is 0. The van der Waals surface area contributed by atoms with Gasteiger partial charge >= 0.3 is 11.9 Å². The number of rotatable bonds is 0. The molecule has 2 spiro atoms. The minimum Gasteiger partial charge on any atom is -0.455 e. The maximum Gasteiger partial charge on any atom is 0.357 e. The van der Waals surface area contributed by atoms with E-state index in [-0.39, 0.29) is 35.4 Å². The molecule has 0 amide bonds. The second-order valence-corrected chi connectivity index (χ2v) is 11.1. The number of nitrogens with zero attached hydrogens (tertiary/aromatic N) is 1. The lowest BCUT2D eigenvalue weighted by Gasteiger charge is -2.44. The van der Waals surface area contributed by atoms with Crippen LogP contribution >= 0.6 is 0 Å². The molecule has 0 saturated carbocycles. The Bertz CT molecular complexity index is 1050. The number of fused-ring (bicyclic) bond motifs is 6. The van der Waals surface area contributed by atoms with E-state index in [1.807, 2.05) is 52.0 Å². The molecule has 6 rings (SSSR count). The molecule has 0 aliphatic carbocycles. The van der Waals surface area contributed by atoms with Gasteiger partial charge in [0, 0.05) is 22.0 Å². The minimum atomic E-state index is -1.29. The van der Waals surface area contributed by atoms with Crippen LogP contribution in [0.1, 0.15) is 59.8 Å². The maximum absolute atomic E-state index is 12.8. The minimum absolute atomic E-state index is 0.0259. The molecular formula is C27H31NO8. The molecule has 2 aromatic rings. The van der Waals surface area contributed by atoms with E-state index in [0.717, 1.165) is 0 Å². The van der Waals surface area contributed by atoms with Gasteiger partial charge in [0.15, 0.2) is 13.2 Å². The molecule has 192 valence electrons. The van der Waals surface area contributed by atoms with Gasteiger partial charge in [-0.3, -0.25) is 0 Å². The van der Waals surface area contributed by atoms with Gasteiger partial charge in [-0.2, -0.15) is 0 Å². The zero-order valence-corrected chi connectivity index (χ0v) is 21.0. The quantitative estimate of drug-likeness (QED) is 0.506. The Morgan fingerprint density at radius 1 is 0.583 bits per heavy atom. The summed E-state index contributed by atoms with van der Waals surface area (Å²) >= 11 is 0. The van der Waals surface area contributed by atoms with E-state index in [0.29, 0.717) is 37.6 Å². The summed E-state index contributed by atoms with van der Waals surface area (Å²) in [6.45, 7) is 9.41. The number of ether oxygens (including phenoxy) is 6. The molecular weight excluding hydrogens is 466 g/mol. The predicted molar refractivity (Wildman–Crippen MR) is 126 cm³/mol. The first-order valence-corrected chi connectivity index (χ1v) is 12.0. The van der Waals surface area contributed by atoms with Gasteiger partial charge in [-0.1, -0.05) is 58.0 Å². The molecule has 4 aliphatic rings. The first-order chi connectivity index (χ1) is 17.0. The molecule has 5 heterocycles. The normalized spacial score (nSPS) is 24.4. The van der Waals surface area contributed by atoms with Crippen molar-refractivity contribution >= 4 is 11.9 Å². The highest BCUT2D eigenvalue weighted by Crippen LogP contribution is 2.40. The predicted octanol–water partition coefficient (Wildman–Crippen LogP) is 3.56. The lowest BCUT2D eigenvalue weighted by molar-refractivity contribution is -0.321. The Morgan fingerprint density at radius 3 is 1.31 bits per heavy atom. The second kappa shape index (κ2) is 8.92. The molecule has 4 aliphatic heterocycles. The largest absolute Gasteiger partial charge is 0.455 e. The topological polar surface area (TPSA) is 102 Å². The van der Waals surface area contributed by atoms with Crippen LogP contribution < -0.4 is 0 Å². The van der Waals surface area contributed by atoms with Crippen molar-refractivity contribution in [2.75, 3.05) is 39.6 Å². The zero-order valence-electron chi connectivity index (χ0n) is 21.0. The number of aromatic nitrogens is 1. The molecule has 1 aromatic carbocycles. The summed E-state index contributed by atoms with van der Waals surface area (Å²) in [5, 5.41) is 0. The molecule has 0 atom stereocenters. The Labute approximate surface area is 210 Å². The lowest BCUT2D eigenvalue weighted by atomic mass is 9.92. The highest BCUT2D eigenvalue weighted by atomic mass is 16.7. The molecule has 2 fully saturated rings. The van der Waals surface area contributed by atoms with Crippen molar-refractivity contribution in [1.82, 2.24) is 4.98 Å². The van der Waals surface area contributed by atoms with Crippen LogP contribution in [0, 0.1) is 10.8 Å². The zero-order chi connectivity index (χ0) is 25.6. The molecule has 9 heteroatoms. The monoisotopic (exact) mass is 497 g/mol. The third-order valence-electron chi connectivity index (χ3n) is 6.50. The van der Waals surface area contributed by atoms with E-state index < -0.39 is 23.5 Å². The van der Waals surface area contributed by atoms with Gasteiger partial charge < -0.3 is 28.4 Å². The van der Waals surface area contributed by atoms with Crippen LogP contribution in [-0.2, 0) is 40.0 Å². The van der Waals surface area contributed by atoms with Gasteiger partial charge in [-0.15, -0.1) is 0 Å². The van der Waals surface area contributed by atoms with Gasteiger partial charge in [0.05, 0.1) is 26.4 Å². The van der Waals surface area contributed by atoms with Crippen molar-refractivity contribution in [1.29, 1.82) is 0 Å². The maximum atomic E-state index is 12.8. The summed E-state index contributed by atoms with van der Waals surface area (Å²) in [4.78, 5) is 29.8. The Hall–Kier alpha value is -2.85. The van der Waals surface area contributed by atoms with Crippen LogP contribution in [-0.4, -0.2) is 56.6 Å². The number of carbonyl (C=O) groups excluding carboxylic acids is 2. The van der Waals surface area contributed by atoms with Crippen molar-refractivity contribution in [2.45, 2.75) is 39.3 Å². The third kappa shape index (κ3) is 4.76. The fourth-order valence-electron chi connectivity index (χ4n) is 4.19. The first kappa shape index (κ1) is 24.8. The van der Waals surface area contributed by atoms with Crippen molar-refractivity contribution < 1.29 is 38.0 Å².